The number of rotatable bonds is 5. The number of piperidine rings is 1. The Labute approximate surface area is 243 Å². The van der Waals surface area contributed by atoms with Crippen molar-refractivity contribution in [2.24, 2.45) is 17.3 Å². The Morgan fingerprint density at radius 2 is 1.90 bits per heavy atom. The Balaban J connectivity index is 1.23. The molecule has 2 saturated heterocycles. The highest BCUT2D eigenvalue weighted by molar-refractivity contribution is 5.50. The van der Waals surface area contributed by atoms with Crippen LogP contribution in [-0.4, -0.2) is 87.6 Å². The Morgan fingerprint density at radius 3 is 2.66 bits per heavy atom. The third-order valence-corrected chi connectivity index (χ3v) is 11.5. The highest BCUT2D eigenvalue weighted by atomic mass is 16.7. The molecule has 5 aliphatic rings. The maximum Gasteiger partial charge on any atom is 0.187 e. The van der Waals surface area contributed by atoms with Crippen LogP contribution in [0.4, 0.5) is 0 Å². The van der Waals surface area contributed by atoms with E-state index in [0.717, 1.165) is 45.1 Å². The van der Waals surface area contributed by atoms with Gasteiger partial charge in [-0.3, -0.25) is 0 Å². The van der Waals surface area contributed by atoms with Crippen molar-refractivity contribution in [1.82, 2.24) is 5.32 Å². The number of allylic oxidation sites excluding steroid dienone is 1. The van der Waals surface area contributed by atoms with Crippen molar-refractivity contribution in [3.8, 4) is 0 Å². The van der Waals surface area contributed by atoms with E-state index in [0.29, 0.717) is 17.8 Å². The summed E-state index contributed by atoms with van der Waals surface area (Å²) < 4.78 is 12.1. The normalized spacial score (nSPS) is 44.9. The molecule has 3 aliphatic carbocycles. The van der Waals surface area contributed by atoms with E-state index in [-0.39, 0.29) is 29.6 Å². The average molecular weight is 572 g/mol. The molecule has 6 rings (SSSR count). The van der Waals surface area contributed by atoms with Gasteiger partial charge in [-0.2, -0.15) is 0 Å². The second kappa shape index (κ2) is 11.3. The van der Waals surface area contributed by atoms with Gasteiger partial charge in [0, 0.05) is 6.04 Å². The summed E-state index contributed by atoms with van der Waals surface area (Å²) in [6, 6.07) is 4.62. The number of aliphatic hydroxyl groups excluding tert-OH is 5. The second-order valence-corrected chi connectivity index (χ2v) is 14.0. The Bertz CT molecular complexity index is 1150. The summed E-state index contributed by atoms with van der Waals surface area (Å²) in [5, 5.41) is 54.9. The number of nitrogens with one attached hydrogen (secondary N) is 1. The predicted molar refractivity (Wildman–Crippen MR) is 154 cm³/mol. The molecule has 0 aromatic heterocycles. The van der Waals surface area contributed by atoms with Gasteiger partial charge in [-0.05, 0) is 103 Å². The van der Waals surface area contributed by atoms with Crippen molar-refractivity contribution >= 4 is 0 Å². The lowest BCUT2D eigenvalue weighted by Crippen LogP contribution is -2.61. The van der Waals surface area contributed by atoms with E-state index in [9.17, 15) is 25.5 Å². The van der Waals surface area contributed by atoms with Crippen molar-refractivity contribution in [3.05, 3.63) is 46.0 Å². The van der Waals surface area contributed by atoms with Gasteiger partial charge in [0.2, 0.25) is 0 Å². The molecule has 13 atom stereocenters. The average Bonchev–Trinajstić information content (AvgIpc) is 3.35. The van der Waals surface area contributed by atoms with E-state index >= 15 is 0 Å². The summed E-state index contributed by atoms with van der Waals surface area (Å²) in [6.45, 7) is 9.47. The molecule has 2 aliphatic heterocycles. The first kappa shape index (κ1) is 29.7. The number of benzene rings is 1. The number of hydrogen-bond acceptors (Lipinski definition) is 8. The van der Waals surface area contributed by atoms with Crippen LogP contribution in [0.25, 0.3) is 0 Å². The van der Waals surface area contributed by atoms with Crippen molar-refractivity contribution in [3.63, 3.8) is 0 Å². The standard InChI is InChI=1S/C33H49NO7/c1-16-11-26(40-32-31(39)30(38)29(37)27(15-35)41-32)28(34-14-16)18(3)21-7-8-22-23-6-5-19-12-20(36)9-10-33(19,4)25(23)13-24(22)17(21)2/h5,7-8,16,18,20,23,25-32,34-39H,6,9-15H2,1-4H3/t16-,18+,20-,23+,25+,26+,27-,28+,29+,30+,31-,32-,33-/m1/s1. The van der Waals surface area contributed by atoms with Gasteiger partial charge in [-0.15, -0.1) is 0 Å². The van der Waals surface area contributed by atoms with Crippen molar-refractivity contribution in [2.45, 2.75) is 127 Å². The maximum absolute atomic E-state index is 10.6. The summed E-state index contributed by atoms with van der Waals surface area (Å²) in [5.41, 5.74) is 7.26. The molecule has 6 N–H and O–H groups in total. The number of hydrogen-bond donors (Lipinski definition) is 6. The van der Waals surface area contributed by atoms with Crippen LogP contribution in [-0.2, 0) is 15.9 Å². The molecule has 1 aromatic rings. The molecule has 228 valence electrons. The first-order chi connectivity index (χ1) is 19.5. The topological polar surface area (TPSA) is 132 Å². The van der Waals surface area contributed by atoms with Gasteiger partial charge in [0.05, 0.1) is 18.8 Å². The highest BCUT2D eigenvalue weighted by Crippen LogP contribution is 2.60. The smallest absolute Gasteiger partial charge is 0.187 e. The van der Waals surface area contributed by atoms with E-state index in [2.05, 4.69) is 51.2 Å². The number of fused-ring (bicyclic) bond motifs is 5. The van der Waals surface area contributed by atoms with Gasteiger partial charge in [-0.25, -0.2) is 0 Å². The molecule has 1 aromatic carbocycles. The van der Waals surface area contributed by atoms with E-state index in [4.69, 9.17) is 9.47 Å². The van der Waals surface area contributed by atoms with E-state index in [1.165, 1.54) is 27.8 Å². The second-order valence-electron chi connectivity index (χ2n) is 14.0. The van der Waals surface area contributed by atoms with Crippen LogP contribution in [0.3, 0.4) is 0 Å². The van der Waals surface area contributed by atoms with Gasteiger partial charge in [0.15, 0.2) is 6.29 Å². The van der Waals surface area contributed by atoms with E-state index in [1.54, 1.807) is 0 Å². The minimum absolute atomic E-state index is 0.0374. The lowest BCUT2D eigenvalue weighted by molar-refractivity contribution is -0.315. The first-order valence-corrected chi connectivity index (χ1v) is 15.7. The number of aliphatic hydroxyl groups is 5. The van der Waals surface area contributed by atoms with Crippen LogP contribution in [0.15, 0.2) is 23.8 Å². The first-order valence-electron chi connectivity index (χ1n) is 15.7. The SMILES string of the molecule is Cc1c([C@H](C)[C@@H]2NC[C@H](C)C[C@@H]2O[C@@H]2O[C@H](CO)[C@H](O)[C@H](O)[C@H]2O)ccc2c1C[C@H]1[C@H]2CC=C2C[C@H](O)CC[C@]21C. The Morgan fingerprint density at radius 1 is 1.12 bits per heavy atom. The zero-order valence-electron chi connectivity index (χ0n) is 24.9. The maximum atomic E-state index is 10.6. The highest BCUT2D eigenvalue weighted by Gasteiger charge is 2.51. The summed E-state index contributed by atoms with van der Waals surface area (Å²) in [7, 11) is 0. The van der Waals surface area contributed by atoms with Crippen LogP contribution in [0.2, 0.25) is 0 Å². The van der Waals surface area contributed by atoms with Gasteiger partial charge in [-0.1, -0.05) is 44.6 Å². The van der Waals surface area contributed by atoms with Crippen LogP contribution < -0.4 is 5.32 Å². The van der Waals surface area contributed by atoms with Crippen molar-refractivity contribution in [1.29, 1.82) is 0 Å². The summed E-state index contributed by atoms with van der Waals surface area (Å²) in [5.74, 6) is 1.59. The minimum atomic E-state index is -1.46. The molecule has 1 saturated carbocycles. The number of ether oxygens (including phenoxy) is 2. The van der Waals surface area contributed by atoms with Gasteiger partial charge in [0.25, 0.3) is 0 Å². The molecule has 0 unspecified atom stereocenters. The monoisotopic (exact) mass is 571 g/mol. The lowest BCUT2D eigenvalue weighted by Gasteiger charge is -2.48. The van der Waals surface area contributed by atoms with Crippen molar-refractivity contribution in [2.75, 3.05) is 13.2 Å². The zero-order valence-corrected chi connectivity index (χ0v) is 24.9. The van der Waals surface area contributed by atoms with E-state index < -0.39 is 37.3 Å². The van der Waals surface area contributed by atoms with Crippen LogP contribution in [0.1, 0.15) is 87.0 Å². The fourth-order valence-corrected chi connectivity index (χ4v) is 8.95. The molecule has 0 radical (unpaired) electrons. The molecular formula is C33H49NO7. The van der Waals surface area contributed by atoms with Crippen molar-refractivity contribution < 1.29 is 35.0 Å². The molecule has 0 amide bonds. The van der Waals surface area contributed by atoms with Gasteiger partial charge >= 0.3 is 0 Å². The van der Waals surface area contributed by atoms with Crippen LogP contribution in [0.5, 0.6) is 0 Å². The van der Waals surface area contributed by atoms with E-state index in [1.807, 2.05) is 0 Å². The van der Waals surface area contributed by atoms with Gasteiger partial charge in [0.1, 0.15) is 24.4 Å². The van der Waals surface area contributed by atoms with Crippen LogP contribution >= 0.6 is 0 Å². The molecule has 8 heteroatoms. The zero-order chi connectivity index (χ0) is 29.2. The third kappa shape index (κ3) is 5.02. The minimum Gasteiger partial charge on any atom is -0.394 e. The fourth-order valence-electron chi connectivity index (χ4n) is 8.95. The summed E-state index contributed by atoms with van der Waals surface area (Å²) >= 11 is 0. The largest absolute Gasteiger partial charge is 0.394 e. The molecule has 8 nitrogen and oxygen atoms in total. The molecule has 41 heavy (non-hydrogen) atoms. The summed E-state index contributed by atoms with van der Waals surface area (Å²) in [4.78, 5) is 0. The lowest BCUT2D eigenvalue weighted by atomic mass is 9.57. The molecular weight excluding hydrogens is 522 g/mol. The predicted octanol–water partition coefficient (Wildman–Crippen LogP) is 2.42. The van der Waals surface area contributed by atoms with Crippen LogP contribution in [0, 0.1) is 24.2 Å². The molecule has 0 spiro atoms. The summed E-state index contributed by atoms with van der Waals surface area (Å²) in [6.07, 6.45) is 1.20. The quantitative estimate of drug-likeness (QED) is 0.297. The Hall–Kier alpha value is -1.36. The molecule has 3 fully saturated rings. The Kier molecular flexibility index (Phi) is 8.18. The fraction of sp³-hybridized carbons (Fsp3) is 0.758. The molecule has 0 bridgehead atoms. The third-order valence-electron chi connectivity index (χ3n) is 11.5. The molecule has 2 heterocycles. The van der Waals surface area contributed by atoms with Gasteiger partial charge < -0.3 is 40.3 Å².